The number of aliphatic hydroxyl groups excluding tert-OH is 1. The van der Waals surface area contributed by atoms with Crippen LogP contribution in [0.3, 0.4) is 0 Å². The zero-order valence-corrected chi connectivity index (χ0v) is 14.3. The zero-order valence-electron chi connectivity index (χ0n) is 13.5. The molecule has 0 aliphatic rings. The molecule has 1 aromatic carbocycles. The summed E-state index contributed by atoms with van der Waals surface area (Å²) < 4.78 is 14.4. The second kappa shape index (κ2) is 8.13. The third kappa shape index (κ3) is 4.33. The highest BCUT2D eigenvalue weighted by atomic mass is 32.1. The molecule has 1 aromatic heterocycles. The molecule has 0 spiro atoms. The van der Waals surface area contributed by atoms with Crippen molar-refractivity contribution in [3.8, 4) is 0 Å². The van der Waals surface area contributed by atoms with Crippen LogP contribution in [0, 0.1) is 5.82 Å². The van der Waals surface area contributed by atoms with Crippen LogP contribution in [0.15, 0.2) is 41.0 Å². The van der Waals surface area contributed by atoms with E-state index in [1.807, 2.05) is 32.2 Å². The predicted octanol–water partition coefficient (Wildman–Crippen LogP) is 4.96. The Kier molecular flexibility index (Phi) is 6.19. The first kappa shape index (κ1) is 17.5. The third-order valence-electron chi connectivity index (χ3n) is 3.70. The first-order valence-electron chi connectivity index (χ1n) is 7.55. The molecule has 122 valence electrons. The van der Waals surface area contributed by atoms with Gasteiger partial charge in [-0.25, -0.2) is 9.37 Å². The van der Waals surface area contributed by atoms with Gasteiger partial charge in [0.1, 0.15) is 16.9 Å². The summed E-state index contributed by atoms with van der Waals surface area (Å²) in [4.78, 5) is 8.24. The number of allylic oxidation sites excluding steroid dienone is 1. The lowest BCUT2D eigenvalue weighted by molar-refractivity contribution is 0.158. The Labute approximate surface area is 140 Å². The number of hydrogen-bond donors (Lipinski definition) is 1. The van der Waals surface area contributed by atoms with E-state index in [4.69, 9.17) is 0 Å². The van der Waals surface area contributed by atoms with E-state index in [1.54, 1.807) is 24.7 Å². The summed E-state index contributed by atoms with van der Waals surface area (Å²) in [5.41, 5.74) is 2.34. The van der Waals surface area contributed by atoms with E-state index in [9.17, 15) is 9.50 Å². The fourth-order valence-corrected chi connectivity index (χ4v) is 3.23. The van der Waals surface area contributed by atoms with Crippen LogP contribution in [-0.4, -0.2) is 16.3 Å². The maximum absolute atomic E-state index is 14.4. The molecule has 1 heterocycles. The van der Waals surface area contributed by atoms with Gasteiger partial charge in [0.15, 0.2) is 0 Å². The maximum Gasteiger partial charge on any atom is 0.127 e. The molecular weight excluding hydrogens is 311 g/mol. The number of hydrogen-bond acceptors (Lipinski definition) is 4. The predicted molar refractivity (Wildman–Crippen MR) is 94.3 cm³/mol. The van der Waals surface area contributed by atoms with Crippen molar-refractivity contribution in [1.29, 1.82) is 0 Å². The van der Waals surface area contributed by atoms with Crippen molar-refractivity contribution >= 4 is 23.1 Å². The summed E-state index contributed by atoms with van der Waals surface area (Å²) in [6, 6.07) is 5.05. The zero-order chi connectivity index (χ0) is 16.8. The van der Waals surface area contributed by atoms with E-state index in [-0.39, 0.29) is 11.7 Å². The minimum Gasteiger partial charge on any atom is -0.386 e. The van der Waals surface area contributed by atoms with Crippen LogP contribution >= 0.6 is 11.3 Å². The summed E-state index contributed by atoms with van der Waals surface area (Å²) in [6.07, 6.45) is 4.82. The Morgan fingerprint density at radius 1 is 1.48 bits per heavy atom. The highest BCUT2D eigenvalue weighted by molar-refractivity contribution is 7.09. The first-order valence-corrected chi connectivity index (χ1v) is 8.43. The average Bonchev–Trinajstić information content (AvgIpc) is 3.06. The van der Waals surface area contributed by atoms with E-state index >= 15 is 0 Å². The first-order chi connectivity index (χ1) is 11.0. The molecule has 0 aliphatic carbocycles. The molecule has 5 heteroatoms. The fraction of sp³-hybridized carbons (Fsp3) is 0.333. The van der Waals surface area contributed by atoms with Crippen molar-refractivity contribution in [2.24, 2.45) is 4.99 Å². The van der Waals surface area contributed by atoms with Crippen LogP contribution in [0.2, 0.25) is 0 Å². The second-order valence-electron chi connectivity index (χ2n) is 5.44. The molecule has 2 atom stereocenters. The Morgan fingerprint density at radius 3 is 2.91 bits per heavy atom. The SMILES string of the molecule is CC=N/C=C(\C)c1cccc(F)c1C(C)CC(O)c1nccs1. The minimum absolute atomic E-state index is 0.140. The van der Waals surface area contributed by atoms with Crippen molar-refractivity contribution in [1.82, 2.24) is 4.98 Å². The minimum atomic E-state index is -0.685. The summed E-state index contributed by atoms with van der Waals surface area (Å²) in [6.45, 7) is 5.67. The molecule has 1 N–H and O–H groups in total. The van der Waals surface area contributed by atoms with Gasteiger partial charge in [-0.1, -0.05) is 19.1 Å². The van der Waals surface area contributed by atoms with E-state index in [0.29, 0.717) is 17.0 Å². The van der Waals surface area contributed by atoms with Gasteiger partial charge in [0.05, 0.1) is 0 Å². The standard InChI is InChI=1S/C18H21FN2OS/c1-4-20-11-13(3)14-6-5-7-15(19)17(14)12(2)10-16(22)18-21-8-9-23-18/h4-9,11-12,16,22H,10H2,1-3H3/b13-11+,20-4?. The molecule has 0 radical (unpaired) electrons. The number of aromatic nitrogens is 1. The highest BCUT2D eigenvalue weighted by Crippen LogP contribution is 2.34. The Balaban J connectivity index is 2.30. The van der Waals surface area contributed by atoms with Crippen LogP contribution in [0.25, 0.3) is 5.57 Å². The topological polar surface area (TPSA) is 45.5 Å². The van der Waals surface area contributed by atoms with Gasteiger partial charge < -0.3 is 5.11 Å². The van der Waals surface area contributed by atoms with Gasteiger partial charge in [-0.05, 0) is 49.0 Å². The Bertz CT molecular complexity index is 695. The summed E-state index contributed by atoms with van der Waals surface area (Å²) in [7, 11) is 0. The smallest absolute Gasteiger partial charge is 0.127 e. The lowest BCUT2D eigenvalue weighted by Gasteiger charge is -2.19. The molecule has 0 saturated heterocycles. The van der Waals surface area contributed by atoms with Crippen molar-refractivity contribution < 1.29 is 9.50 Å². The monoisotopic (exact) mass is 332 g/mol. The van der Waals surface area contributed by atoms with E-state index < -0.39 is 6.10 Å². The normalized spacial score (nSPS) is 15.1. The molecular formula is C18H21FN2OS. The Hall–Kier alpha value is -1.85. The molecule has 2 rings (SSSR count). The van der Waals surface area contributed by atoms with Crippen LogP contribution < -0.4 is 0 Å². The number of halogens is 1. The molecule has 0 saturated carbocycles. The fourth-order valence-electron chi connectivity index (χ4n) is 2.59. The maximum atomic E-state index is 14.4. The van der Waals surface area contributed by atoms with Gasteiger partial charge in [-0.3, -0.25) is 4.99 Å². The number of aliphatic imine (C=N–C) groups is 1. The highest BCUT2D eigenvalue weighted by Gasteiger charge is 2.21. The Morgan fingerprint density at radius 2 is 2.26 bits per heavy atom. The average molecular weight is 332 g/mol. The molecule has 23 heavy (non-hydrogen) atoms. The molecule has 2 aromatic rings. The van der Waals surface area contributed by atoms with Crippen molar-refractivity contribution in [2.75, 3.05) is 0 Å². The van der Waals surface area contributed by atoms with Crippen molar-refractivity contribution in [3.63, 3.8) is 0 Å². The lowest BCUT2D eigenvalue weighted by Crippen LogP contribution is -2.07. The van der Waals surface area contributed by atoms with E-state index in [1.165, 1.54) is 17.4 Å². The van der Waals surface area contributed by atoms with Gasteiger partial charge in [0.2, 0.25) is 0 Å². The van der Waals surface area contributed by atoms with Gasteiger partial charge in [0, 0.05) is 24.0 Å². The number of rotatable bonds is 6. The molecule has 0 amide bonds. The number of aliphatic hydroxyl groups is 1. The number of nitrogens with zero attached hydrogens (tertiary/aromatic N) is 2. The van der Waals surface area contributed by atoms with Crippen LogP contribution in [0.1, 0.15) is 55.3 Å². The largest absolute Gasteiger partial charge is 0.386 e. The molecule has 0 bridgehead atoms. The molecule has 0 aliphatic heterocycles. The molecule has 2 unspecified atom stereocenters. The van der Waals surface area contributed by atoms with Crippen molar-refractivity contribution in [3.05, 3.63) is 57.9 Å². The van der Waals surface area contributed by atoms with Crippen LogP contribution in [-0.2, 0) is 0 Å². The van der Waals surface area contributed by atoms with E-state index in [2.05, 4.69) is 9.98 Å². The van der Waals surface area contributed by atoms with Crippen molar-refractivity contribution in [2.45, 2.75) is 39.2 Å². The quantitative estimate of drug-likeness (QED) is 0.760. The summed E-state index contributed by atoms with van der Waals surface area (Å²) >= 11 is 1.41. The number of thiazole rings is 1. The lowest BCUT2D eigenvalue weighted by atomic mass is 9.88. The van der Waals surface area contributed by atoms with Crippen LogP contribution in [0.4, 0.5) is 4.39 Å². The van der Waals surface area contributed by atoms with Gasteiger partial charge in [-0.15, -0.1) is 11.3 Å². The van der Waals surface area contributed by atoms with Gasteiger partial charge >= 0.3 is 0 Å². The van der Waals surface area contributed by atoms with E-state index in [0.717, 1.165) is 11.1 Å². The number of benzene rings is 1. The second-order valence-corrected chi connectivity index (χ2v) is 6.37. The summed E-state index contributed by atoms with van der Waals surface area (Å²) in [5.74, 6) is -0.395. The third-order valence-corrected chi connectivity index (χ3v) is 4.58. The molecule has 0 fully saturated rings. The van der Waals surface area contributed by atoms with Crippen LogP contribution in [0.5, 0.6) is 0 Å². The summed E-state index contributed by atoms with van der Waals surface area (Å²) in [5, 5.41) is 12.8. The molecule has 3 nitrogen and oxygen atoms in total. The van der Waals surface area contributed by atoms with Gasteiger partial charge in [-0.2, -0.15) is 0 Å². The van der Waals surface area contributed by atoms with Gasteiger partial charge in [0.25, 0.3) is 0 Å².